The normalized spacial score (nSPS) is 9.55. The van der Waals surface area contributed by atoms with Gasteiger partial charge in [0.15, 0.2) is 0 Å². The van der Waals surface area contributed by atoms with Crippen molar-refractivity contribution in [1.82, 2.24) is 4.57 Å². The monoisotopic (exact) mass is 157 g/mol. The van der Waals surface area contributed by atoms with Gasteiger partial charge in [0.2, 0.25) is 5.88 Å². The zero-order valence-electron chi connectivity index (χ0n) is 5.81. The molecule has 0 aromatic carbocycles. The minimum atomic E-state index is -1.24. The second-order valence-electron chi connectivity index (χ2n) is 1.89. The SMILES string of the molecule is COc1cc(O)n(C(=O)O)c1. The van der Waals surface area contributed by atoms with Gasteiger partial charge in [-0.05, 0) is 0 Å². The van der Waals surface area contributed by atoms with E-state index in [4.69, 9.17) is 10.2 Å². The molecule has 0 saturated carbocycles. The maximum absolute atomic E-state index is 10.3. The summed E-state index contributed by atoms with van der Waals surface area (Å²) in [6.45, 7) is 0. The number of nitrogens with zero attached hydrogens (tertiary/aromatic N) is 1. The van der Waals surface area contributed by atoms with E-state index in [9.17, 15) is 4.79 Å². The van der Waals surface area contributed by atoms with E-state index in [1.54, 1.807) is 0 Å². The van der Waals surface area contributed by atoms with E-state index >= 15 is 0 Å². The van der Waals surface area contributed by atoms with Gasteiger partial charge in [0, 0.05) is 6.07 Å². The standard InChI is InChI=1S/C6H7NO4/c1-11-4-2-5(8)7(3-4)6(9)10/h2-3,8H,1H3,(H,9,10). The van der Waals surface area contributed by atoms with E-state index in [0.717, 1.165) is 0 Å². The number of rotatable bonds is 1. The average molecular weight is 157 g/mol. The molecular weight excluding hydrogens is 150 g/mol. The van der Waals surface area contributed by atoms with Gasteiger partial charge < -0.3 is 14.9 Å². The number of ether oxygens (including phenoxy) is 1. The summed E-state index contributed by atoms with van der Waals surface area (Å²) in [5.74, 6) is -0.0424. The summed E-state index contributed by atoms with van der Waals surface area (Å²) in [6.07, 6.45) is -0.0664. The molecule has 5 heteroatoms. The summed E-state index contributed by atoms with van der Waals surface area (Å²) in [4.78, 5) is 10.3. The van der Waals surface area contributed by atoms with Crippen molar-refractivity contribution >= 4 is 6.09 Å². The third kappa shape index (κ3) is 1.26. The Bertz CT molecular complexity index is 278. The van der Waals surface area contributed by atoms with Crippen LogP contribution in [0, 0.1) is 0 Å². The highest BCUT2D eigenvalue weighted by Gasteiger charge is 2.09. The number of hydrogen-bond donors (Lipinski definition) is 2. The molecule has 0 radical (unpaired) electrons. The molecule has 1 aromatic rings. The number of aromatic hydroxyl groups is 1. The van der Waals surface area contributed by atoms with Gasteiger partial charge in [0.1, 0.15) is 5.75 Å². The van der Waals surface area contributed by atoms with E-state index in [0.29, 0.717) is 10.3 Å². The van der Waals surface area contributed by atoms with E-state index in [-0.39, 0.29) is 5.88 Å². The second-order valence-corrected chi connectivity index (χ2v) is 1.89. The lowest BCUT2D eigenvalue weighted by molar-refractivity contribution is 0.193. The van der Waals surface area contributed by atoms with Crippen molar-refractivity contribution in [3.05, 3.63) is 12.3 Å². The first-order valence-corrected chi connectivity index (χ1v) is 2.84. The van der Waals surface area contributed by atoms with E-state index in [1.807, 2.05) is 0 Å². The summed E-state index contributed by atoms with van der Waals surface area (Å²) in [5.41, 5.74) is 0. The van der Waals surface area contributed by atoms with Gasteiger partial charge in [-0.1, -0.05) is 0 Å². The molecule has 11 heavy (non-hydrogen) atoms. The van der Waals surface area contributed by atoms with Crippen LogP contribution in [0.1, 0.15) is 0 Å². The maximum atomic E-state index is 10.3. The molecule has 0 unspecified atom stereocenters. The van der Waals surface area contributed by atoms with Gasteiger partial charge in [0.25, 0.3) is 0 Å². The van der Waals surface area contributed by atoms with Crippen LogP contribution in [0.25, 0.3) is 0 Å². The quantitative estimate of drug-likeness (QED) is 0.630. The van der Waals surface area contributed by atoms with E-state index in [2.05, 4.69) is 4.74 Å². The topological polar surface area (TPSA) is 71.7 Å². The molecule has 1 heterocycles. The molecule has 0 aliphatic rings. The molecule has 0 aliphatic carbocycles. The Morgan fingerprint density at radius 2 is 2.36 bits per heavy atom. The van der Waals surface area contributed by atoms with Crippen LogP contribution < -0.4 is 4.74 Å². The largest absolute Gasteiger partial charge is 0.495 e. The first-order valence-electron chi connectivity index (χ1n) is 2.84. The minimum Gasteiger partial charge on any atom is -0.495 e. The van der Waals surface area contributed by atoms with E-state index in [1.165, 1.54) is 19.4 Å². The minimum absolute atomic E-state index is 0.310. The Morgan fingerprint density at radius 1 is 1.73 bits per heavy atom. The number of methoxy groups -OCH3 is 1. The molecule has 0 atom stereocenters. The fourth-order valence-electron chi connectivity index (χ4n) is 0.692. The molecule has 60 valence electrons. The zero-order valence-corrected chi connectivity index (χ0v) is 5.81. The number of aromatic nitrogens is 1. The Balaban J connectivity index is 3.07. The van der Waals surface area contributed by atoms with Crippen LogP contribution >= 0.6 is 0 Å². The summed E-state index contributed by atoms with van der Waals surface area (Å²) in [5, 5.41) is 17.4. The van der Waals surface area contributed by atoms with Crippen LogP contribution in [0.15, 0.2) is 12.3 Å². The Morgan fingerprint density at radius 3 is 2.64 bits per heavy atom. The molecule has 1 rings (SSSR count). The van der Waals surface area contributed by atoms with Crippen LogP contribution in [0.3, 0.4) is 0 Å². The molecule has 0 saturated heterocycles. The molecule has 5 nitrogen and oxygen atoms in total. The first kappa shape index (κ1) is 7.46. The third-order valence-electron chi connectivity index (χ3n) is 1.22. The molecule has 0 amide bonds. The van der Waals surface area contributed by atoms with Crippen LogP contribution in [0.5, 0.6) is 11.6 Å². The van der Waals surface area contributed by atoms with Crippen molar-refractivity contribution in [2.24, 2.45) is 0 Å². The van der Waals surface area contributed by atoms with Crippen molar-refractivity contribution in [3.63, 3.8) is 0 Å². The molecule has 0 fully saturated rings. The van der Waals surface area contributed by atoms with Crippen molar-refractivity contribution in [2.75, 3.05) is 7.11 Å². The number of carboxylic acid groups (broad SMARTS) is 1. The van der Waals surface area contributed by atoms with Crippen molar-refractivity contribution in [1.29, 1.82) is 0 Å². The highest BCUT2D eigenvalue weighted by atomic mass is 16.5. The average Bonchev–Trinajstić information content (AvgIpc) is 2.30. The van der Waals surface area contributed by atoms with E-state index < -0.39 is 6.09 Å². The van der Waals surface area contributed by atoms with Gasteiger partial charge in [-0.25, -0.2) is 9.36 Å². The van der Waals surface area contributed by atoms with Crippen LogP contribution in [-0.4, -0.2) is 28.0 Å². The molecular formula is C6H7NO4. The van der Waals surface area contributed by atoms with Crippen molar-refractivity contribution in [2.45, 2.75) is 0 Å². The summed E-state index contributed by atoms with van der Waals surface area (Å²) >= 11 is 0. The lowest BCUT2D eigenvalue weighted by Crippen LogP contribution is -2.04. The Hall–Kier alpha value is -1.65. The van der Waals surface area contributed by atoms with Crippen LogP contribution in [0.2, 0.25) is 0 Å². The smallest absolute Gasteiger partial charge is 0.418 e. The zero-order chi connectivity index (χ0) is 8.43. The summed E-state index contributed by atoms with van der Waals surface area (Å²) in [7, 11) is 1.39. The third-order valence-corrected chi connectivity index (χ3v) is 1.22. The molecule has 0 aliphatic heterocycles. The number of carbonyl (C=O) groups is 1. The maximum Gasteiger partial charge on any atom is 0.418 e. The van der Waals surface area contributed by atoms with Gasteiger partial charge >= 0.3 is 6.09 Å². The lowest BCUT2D eigenvalue weighted by atomic mass is 10.6. The van der Waals surface area contributed by atoms with Gasteiger partial charge in [-0.3, -0.25) is 0 Å². The fraction of sp³-hybridized carbons (Fsp3) is 0.167. The Labute approximate surface area is 62.4 Å². The van der Waals surface area contributed by atoms with Gasteiger partial charge in [-0.2, -0.15) is 0 Å². The van der Waals surface area contributed by atoms with Crippen LogP contribution in [-0.2, 0) is 0 Å². The highest BCUT2D eigenvalue weighted by Crippen LogP contribution is 2.20. The lowest BCUT2D eigenvalue weighted by Gasteiger charge is -1.93. The van der Waals surface area contributed by atoms with Crippen LogP contribution in [0.4, 0.5) is 4.79 Å². The number of hydrogen-bond acceptors (Lipinski definition) is 3. The van der Waals surface area contributed by atoms with Crippen molar-refractivity contribution in [3.8, 4) is 11.6 Å². The predicted molar refractivity (Wildman–Crippen MR) is 36.1 cm³/mol. The molecule has 2 N–H and O–H groups in total. The predicted octanol–water partition coefficient (Wildman–Crippen LogP) is 0.728. The van der Waals surface area contributed by atoms with Crippen molar-refractivity contribution < 1.29 is 19.7 Å². The highest BCUT2D eigenvalue weighted by molar-refractivity contribution is 5.71. The second kappa shape index (κ2) is 2.53. The Kier molecular flexibility index (Phi) is 1.72. The molecule has 1 aromatic heterocycles. The summed E-state index contributed by atoms with van der Waals surface area (Å²) in [6, 6.07) is 1.22. The van der Waals surface area contributed by atoms with Gasteiger partial charge in [0.05, 0.1) is 13.3 Å². The molecule has 0 spiro atoms. The van der Waals surface area contributed by atoms with Gasteiger partial charge in [-0.15, -0.1) is 0 Å². The first-order chi connectivity index (χ1) is 5.15. The molecule has 0 bridgehead atoms. The fourth-order valence-corrected chi connectivity index (χ4v) is 0.692. The summed E-state index contributed by atoms with van der Waals surface area (Å²) < 4.78 is 5.35.